The standard InChI is InChI=1S/C21H19BrN2O5/c1-28-18(25)15-16(19(26)29-2)24-17(11-7-9-12(22)10-8-11)21(15)13-5-3-4-6-14(13)23-20(21)27/h3-10,15-17,24H,1-2H3,(H,23,27)/t15-,16-,17+,21-/m0/s1. The van der Waals surface area contributed by atoms with Crippen LogP contribution in [0.25, 0.3) is 0 Å². The summed E-state index contributed by atoms with van der Waals surface area (Å²) in [6.07, 6.45) is 0. The molecule has 4 rings (SSSR count). The molecule has 1 fully saturated rings. The van der Waals surface area contributed by atoms with E-state index in [9.17, 15) is 14.4 Å². The molecule has 2 heterocycles. The third-order valence-electron chi connectivity index (χ3n) is 5.74. The van der Waals surface area contributed by atoms with Crippen LogP contribution < -0.4 is 10.6 Å². The fraction of sp³-hybridized carbons (Fsp3) is 0.286. The van der Waals surface area contributed by atoms with Crippen LogP contribution in [0.2, 0.25) is 0 Å². The fourth-order valence-corrected chi connectivity index (χ4v) is 4.80. The summed E-state index contributed by atoms with van der Waals surface area (Å²) in [5, 5.41) is 6.07. The molecular formula is C21H19BrN2O5. The topological polar surface area (TPSA) is 93.7 Å². The number of anilines is 1. The largest absolute Gasteiger partial charge is 0.469 e. The number of hydrogen-bond donors (Lipinski definition) is 2. The van der Waals surface area contributed by atoms with Crippen LogP contribution in [0, 0.1) is 5.92 Å². The predicted octanol–water partition coefficient (Wildman–Crippen LogP) is 2.31. The van der Waals surface area contributed by atoms with Crippen molar-refractivity contribution in [1.82, 2.24) is 5.32 Å². The summed E-state index contributed by atoms with van der Waals surface area (Å²) in [5.41, 5.74) is 0.657. The van der Waals surface area contributed by atoms with E-state index >= 15 is 0 Å². The van der Waals surface area contributed by atoms with E-state index in [1.54, 1.807) is 24.3 Å². The van der Waals surface area contributed by atoms with Gasteiger partial charge in [-0.3, -0.25) is 19.7 Å². The Kier molecular flexibility index (Phi) is 4.92. The molecule has 7 nitrogen and oxygen atoms in total. The lowest BCUT2D eigenvalue weighted by molar-refractivity contribution is -0.156. The second kappa shape index (κ2) is 7.27. The van der Waals surface area contributed by atoms with Crippen LogP contribution in [0.15, 0.2) is 53.0 Å². The minimum Gasteiger partial charge on any atom is -0.469 e. The zero-order chi connectivity index (χ0) is 20.8. The molecule has 4 atom stereocenters. The number of rotatable bonds is 3. The second-order valence-corrected chi connectivity index (χ2v) is 7.94. The first-order valence-corrected chi connectivity index (χ1v) is 9.82. The van der Waals surface area contributed by atoms with Crippen molar-refractivity contribution in [3.05, 3.63) is 64.1 Å². The zero-order valence-electron chi connectivity index (χ0n) is 15.8. The lowest BCUT2D eigenvalue weighted by Gasteiger charge is -2.33. The summed E-state index contributed by atoms with van der Waals surface area (Å²) in [6, 6.07) is 12.9. The van der Waals surface area contributed by atoms with E-state index in [1.807, 2.05) is 24.3 Å². The molecule has 1 spiro atoms. The number of nitrogens with one attached hydrogen (secondary N) is 2. The van der Waals surface area contributed by atoms with E-state index in [1.165, 1.54) is 14.2 Å². The molecule has 2 aliphatic rings. The van der Waals surface area contributed by atoms with Crippen LogP contribution in [0.3, 0.4) is 0 Å². The highest BCUT2D eigenvalue weighted by molar-refractivity contribution is 9.10. The SMILES string of the molecule is COC(=O)[C@H]1N[C@H](c2ccc(Br)cc2)[C@@]2(C(=O)Nc3ccccc32)[C@@H]1C(=O)OC. The van der Waals surface area contributed by atoms with Gasteiger partial charge in [-0.1, -0.05) is 46.3 Å². The second-order valence-electron chi connectivity index (χ2n) is 7.02. The van der Waals surface area contributed by atoms with E-state index in [2.05, 4.69) is 26.6 Å². The lowest BCUT2D eigenvalue weighted by Crippen LogP contribution is -2.49. The van der Waals surface area contributed by atoms with Crippen LogP contribution >= 0.6 is 15.9 Å². The van der Waals surface area contributed by atoms with Crippen molar-refractivity contribution in [2.24, 2.45) is 5.92 Å². The molecule has 150 valence electrons. The average Bonchev–Trinajstić information content (AvgIpc) is 3.24. The number of benzene rings is 2. The molecule has 0 saturated carbocycles. The number of carbonyl (C=O) groups is 3. The molecule has 2 aromatic carbocycles. The van der Waals surface area contributed by atoms with Gasteiger partial charge in [-0.2, -0.15) is 0 Å². The van der Waals surface area contributed by atoms with E-state index in [-0.39, 0.29) is 5.91 Å². The van der Waals surface area contributed by atoms with Crippen LogP contribution in [-0.4, -0.2) is 38.1 Å². The summed E-state index contributed by atoms with van der Waals surface area (Å²) < 4.78 is 10.9. The van der Waals surface area contributed by atoms with Gasteiger partial charge in [0.05, 0.1) is 20.3 Å². The average molecular weight is 459 g/mol. The Labute approximate surface area is 175 Å². The van der Waals surface area contributed by atoms with E-state index in [0.717, 1.165) is 10.0 Å². The summed E-state index contributed by atoms with van der Waals surface area (Å²) in [4.78, 5) is 39.0. The first kappa shape index (κ1) is 19.6. The van der Waals surface area contributed by atoms with E-state index < -0.39 is 35.4 Å². The van der Waals surface area contributed by atoms with Gasteiger partial charge >= 0.3 is 11.9 Å². The van der Waals surface area contributed by atoms with Crippen molar-refractivity contribution in [3.63, 3.8) is 0 Å². The van der Waals surface area contributed by atoms with Gasteiger partial charge < -0.3 is 14.8 Å². The summed E-state index contributed by atoms with van der Waals surface area (Å²) >= 11 is 3.41. The quantitative estimate of drug-likeness (QED) is 0.685. The number of methoxy groups -OCH3 is 2. The lowest BCUT2D eigenvalue weighted by atomic mass is 9.65. The van der Waals surface area contributed by atoms with Gasteiger partial charge in [-0.15, -0.1) is 0 Å². The molecule has 1 saturated heterocycles. The third-order valence-corrected chi connectivity index (χ3v) is 6.26. The number of amides is 1. The van der Waals surface area contributed by atoms with Crippen molar-refractivity contribution in [2.45, 2.75) is 17.5 Å². The molecule has 0 unspecified atom stereocenters. The molecule has 0 aromatic heterocycles. The summed E-state index contributed by atoms with van der Waals surface area (Å²) in [6.45, 7) is 0. The number of halogens is 1. The highest BCUT2D eigenvalue weighted by Gasteiger charge is 2.68. The van der Waals surface area contributed by atoms with Crippen LogP contribution in [-0.2, 0) is 29.3 Å². The Morgan fingerprint density at radius 2 is 1.66 bits per heavy atom. The maximum absolute atomic E-state index is 13.5. The predicted molar refractivity (Wildman–Crippen MR) is 108 cm³/mol. The number of ether oxygens (including phenoxy) is 2. The molecule has 8 heteroatoms. The highest BCUT2D eigenvalue weighted by Crippen LogP contribution is 2.56. The van der Waals surface area contributed by atoms with Gasteiger partial charge in [-0.05, 0) is 29.3 Å². The van der Waals surface area contributed by atoms with Crippen LogP contribution in [0.1, 0.15) is 17.2 Å². The Hall–Kier alpha value is -2.71. The molecule has 0 bridgehead atoms. The minimum absolute atomic E-state index is 0.360. The molecule has 29 heavy (non-hydrogen) atoms. The van der Waals surface area contributed by atoms with E-state index in [4.69, 9.17) is 9.47 Å². The van der Waals surface area contributed by atoms with Gasteiger partial charge in [-0.25, -0.2) is 0 Å². The van der Waals surface area contributed by atoms with Gasteiger partial charge in [0.2, 0.25) is 5.91 Å². The highest BCUT2D eigenvalue weighted by atomic mass is 79.9. The number of para-hydroxylation sites is 1. The normalized spacial score (nSPS) is 27.4. The fourth-order valence-electron chi connectivity index (χ4n) is 4.54. The maximum atomic E-state index is 13.5. The summed E-state index contributed by atoms with van der Waals surface area (Å²) in [7, 11) is 2.50. The molecular weight excluding hydrogens is 440 g/mol. The Morgan fingerprint density at radius 1 is 1.00 bits per heavy atom. The Balaban J connectivity index is 2.00. The smallest absolute Gasteiger partial charge is 0.323 e. The number of carbonyl (C=O) groups excluding carboxylic acids is 3. The third kappa shape index (κ3) is 2.78. The molecule has 2 aromatic rings. The maximum Gasteiger partial charge on any atom is 0.323 e. The first-order valence-electron chi connectivity index (χ1n) is 9.03. The molecule has 0 aliphatic carbocycles. The van der Waals surface area contributed by atoms with E-state index in [0.29, 0.717) is 11.3 Å². The minimum atomic E-state index is -1.36. The molecule has 0 radical (unpaired) electrons. The van der Waals surface area contributed by atoms with Crippen LogP contribution in [0.4, 0.5) is 5.69 Å². The van der Waals surface area contributed by atoms with Gasteiger partial charge in [0.25, 0.3) is 0 Å². The van der Waals surface area contributed by atoms with Crippen molar-refractivity contribution in [3.8, 4) is 0 Å². The number of fused-ring (bicyclic) bond motifs is 2. The Bertz CT molecular complexity index is 993. The van der Waals surface area contributed by atoms with Crippen molar-refractivity contribution < 1.29 is 23.9 Å². The molecule has 2 N–H and O–H groups in total. The summed E-state index contributed by atoms with van der Waals surface area (Å²) in [5.74, 6) is -2.74. The molecule has 1 amide bonds. The van der Waals surface area contributed by atoms with Gasteiger partial charge in [0, 0.05) is 10.2 Å². The van der Waals surface area contributed by atoms with Crippen LogP contribution in [0.5, 0.6) is 0 Å². The van der Waals surface area contributed by atoms with Gasteiger partial charge in [0.15, 0.2) is 0 Å². The van der Waals surface area contributed by atoms with Crippen molar-refractivity contribution >= 4 is 39.5 Å². The first-order chi connectivity index (χ1) is 13.9. The molecule has 2 aliphatic heterocycles. The zero-order valence-corrected chi connectivity index (χ0v) is 17.4. The van der Waals surface area contributed by atoms with Crippen molar-refractivity contribution in [1.29, 1.82) is 0 Å². The monoisotopic (exact) mass is 458 g/mol. The van der Waals surface area contributed by atoms with Crippen molar-refractivity contribution in [2.75, 3.05) is 19.5 Å². The van der Waals surface area contributed by atoms with Gasteiger partial charge in [0.1, 0.15) is 17.4 Å². The Morgan fingerprint density at radius 3 is 2.31 bits per heavy atom. The number of esters is 2. The number of hydrogen-bond acceptors (Lipinski definition) is 6.